The summed E-state index contributed by atoms with van der Waals surface area (Å²) in [7, 11) is 0. The van der Waals surface area contributed by atoms with Crippen LogP contribution in [0.4, 0.5) is 0 Å². The summed E-state index contributed by atoms with van der Waals surface area (Å²) in [5, 5.41) is 4.04. The van der Waals surface area contributed by atoms with Crippen molar-refractivity contribution in [1.82, 2.24) is 15.0 Å². The van der Waals surface area contributed by atoms with Crippen LogP contribution in [0.2, 0.25) is 0 Å². The van der Waals surface area contributed by atoms with Crippen molar-refractivity contribution in [2.75, 3.05) is 19.7 Å². The standard InChI is InChI=1S/C20H19N3O3/c1-2-25-17-10-6-9-15(11-17)20(24)23-12-16(13-23)19-21-18(22-26-19)14-7-4-3-5-8-14/h3-11,16H,2,12-13H2,1H3. The Morgan fingerprint density at radius 3 is 2.77 bits per heavy atom. The van der Waals surface area contributed by atoms with E-state index in [0.717, 1.165) is 5.56 Å². The molecule has 0 N–H and O–H groups in total. The van der Waals surface area contributed by atoms with Crippen LogP contribution in [-0.2, 0) is 0 Å². The second kappa shape index (κ2) is 7.00. The van der Waals surface area contributed by atoms with E-state index in [9.17, 15) is 4.79 Å². The van der Waals surface area contributed by atoms with Crippen molar-refractivity contribution >= 4 is 5.91 Å². The van der Waals surface area contributed by atoms with Gasteiger partial charge in [0.15, 0.2) is 0 Å². The Labute approximate surface area is 151 Å². The van der Waals surface area contributed by atoms with Crippen LogP contribution in [0.25, 0.3) is 11.4 Å². The Kier molecular flexibility index (Phi) is 4.39. The van der Waals surface area contributed by atoms with Gasteiger partial charge in [0.2, 0.25) is 11.7 Å². The largest absolute Gasteiger partial charge is 0.494 e. The molecule has 2 heterocycles. The van der Waals surface area contributed by atoms with Gasteiger partial charge in [-0.2, -0.15) is 4.98 Å². The number of carbonyl (C=O) groups excluding carboxylic acids is 1. The molecule has 2 aromatic carbocycles. The predicted octanol–water partition coefficient (Wildman–Crippen LogP) is 3.37. The summed E-state index contributed by atoms with van der Waals surface area (Å²) in [4.78, 5) is 18.8. The van der Waals surface area contributed by atoms with Crippen LogP contribution in [0.1, 0.15) is 29.1 Å². The highest BCUT2D eigenvalue weighted by molar-refractivity contribution is 5.95. The van der Waals surface area contributed by atoms with Crippen LogP contribution in [-0.4, -0.2) is 40.6 Å². The summed E-state index contributed by atoms with van der Waals surface area (Å²) in [5.41, 5.74) is 1.55. The normalized spacial score (nSPS) is 14.1. The third-order valence-electron chi connectivity index (χ3n) is 4.38. The first-order valence-electron chi connectivity index (χ1n) is 8.65. The van der Waals surface area contributed by atoms with Crippen LogP contribution in [0, 0.1) is 0 Å². The zero-order chi connectivity index (χ0) is 17.9. The molecule has 0 saturated carbocycles. The molecule has 26 heavy (non-hydrogen) atoms. The van der Waals surface area contributed by atoms with Crippen molar-refractivity contribution in [1.29, 1.82) is 0 Å². The van der Waals surface area contributed by atoms with E-state index in [1.54, 1.807) is 17.0 Å². The number of carbonyl (C=O) groups is 1. The molecule has 132 valence electrons. The fraction of sp³-hybridized carbons (Fsp3) is 0.250. The van der Waals surface area contributed by atoms with Gasteiger partial charge in [-0.25, -0.2) is 0 Å². The maximum Gasteiger partial charge on any atom is 0.254 e. The molecular weight excluding hydrogens is 330 g/mol. The number of likely N-dealkylation sites (tertiary alicyclic amines) is 1. The minimum absolute atomic E-state index is 0.00870. The predicted molar refractivity (Wildman–Crippen MR) is 96.0 cm³/mol. The molecule has 0 bridgehead atoms. The molecule has 1 saturated heterocycles. The highest BCUT2D eigenvalue weighted by atomic mass is 16.5. The van der Waals surface area contributed by atoms with Gasteiger partial charge in [0.1, 0.15) is 5.75 Å². The lowest BCUT2D eigenvalue weighted by molar-refractivity contribution is 0.0569. The van der Waals surface area contributed by atoms with Gasteiger partial charge in [-0.05, 0) is 25.1 Å². The van der Waals surface area contributed by atoms with Crippen LogP contribution in [0.5, 0.6) is 5.75 Å². The van der Waals surface area contributed by atoms with Gasteiger partial charge in [-0.1, -0.05) is 41.6 Å². The van der Waals surface area contributed by atoms with Gasteiger partial charge >= 0.3 is 0 Å². The zero-order valence-electron chi connectivity index (χ0n) is 14.5. The van der Waals surface area contributed by atoms with Crippen molar-refractivity contribution < 1.29 is 14.1 Å². The molecule has 6 nitrogen and oxygen atoms in total. The summed E-state index contributed by atoms with van der Waals surface area (Å²) < 4.78 is 10.8. The van der Waals surface area contributed by atoms with Gasteiger partial charge in [0, 0.05) is 24.2 Å². The van der Waals surface area contributed by atoms with Gasteiger partial charge in [-0.15, -0.1) is 0 Å². The van der Waals surface area contributed by atoms with Gasteiger partial charge < -0.3 is 14.2 Å². The number of rotatable bonds is 5. The Bertz CT molecular complexity index is 901. The minimum atomic E-state index is -0.00870. The van der Waals surface area contributed by atoms with Gasteiger partial charge in [0.25, 0.3) is 5.91 Å². The molecule has 0 spiro atoms. The van der Waals surface area contributed by atoms with E-state index in [2.05, 4.69) is 10.1 Å². The highest BCUT2D eigenvalue weighted by Gasteiger charge is 2.36. The molecule has 1 fully saturated rings. The Morgan fingerprint density at radius 1 is 1.19 bits per heavy atom. The molecule has 0 atom stereocenters. The summed E-state index contributed by atoms with van der Waals surface area (Å²) in [6, 6.07) is 17.0. The lowest BCUT2D eigenvalue weighted by Gasteiger charge is -2.37. The minimum Gasteiger partial charge on any atom is -0.494 e. The highest BCUT2D eigenvalue weighted by Crippen LogP contribution is 2.29. The molecule has 6 heteroatoms. The molecule has 1 amide bonds. The third-order valence-corrected chi connectivity index (χ3v) is 4.38. The summed E-state index contributed by atoms with van der Waals surface area (Å²) in [5.74, 6) is 1.94. The first-order chi connectivity index (χ1) is 12.7. The fourth-order valence-electron chi connectivity index (χ4n) is 2.97. The van der Waals surface area contributed by atoms with Crippen LogP contribution in [0.15, 0.2) is 59.1 Å². The number of nitrogens with zero attached hydrogens (tertiary/aromatic N) is 3. The van der Waals surface area contributed by atoms with E-state index in [0.29, 0.717) is 42.7 Å². The monoisotopic (exact) mass is 349 g/mol. The van der Waals surface area contributed by atoms with E-state index in [1.807, 2.05) is 49.4 Å². The molecule has 0 radical (unpaired) electrons. The van der Waals surface area contributed by atoms with Crippen molar-refractivity contribution in [3.63, 3.8) is 0 Å². The summed E-state index contributed by atoms with van der Waals surface area (Å²) in [6.45, 7) is 3.65. The molecular formula is C20H19N3O3. The van der Waals surface area contributed by atoms with Gasteiger partial charge in [-0.3, -0.25) is 4.79 Å². The molecule has 1 aromatic heterocycles. The summed E-state index contributed by atoms with van der Waals surface area (Å²) in [6.07, 6.45) is 0. The number of amides is 1. The SMILES string of the molecule is CCOc1cccc(C(=O)N2CC(c3nc(-c4ccccc4)no3)C2)c1. The molecule has 1 aliphatic rings. The van der Waals surface area contributed by atoms with E-state index >= 15 is 0 Å². The number of ether oxygens (including phenoxy) is 1. The molecule has 4 rings (SSSR count). The number of hydrogen-bond acceptors (Lipinski definition) is 5. The van der Waals surface area contributed by atoms with Crippen LogP contribution < -0.4 is 4.74 Å². The van der Waals surface area contributed by atoms with Crippen molar-refractivity contribution in [2.45, 2.75) is 12.8 Å². The molecule has 3 aromatic rings. The lowest BCUT2D eigenvalue weighted by atomic mass is 9.98. The smallest absolute Gasteiger partial charge is 0.254 e. The maximum absolute atomic E-state index is 12.6. The second-order valence-electron chi connectivity index (χ2n) is 6.19. The van der Waals surface area contributed by atoms with E-state index < -0.39 is 0 Å². The van der Waals surface area contributed by atoms with Crippen molar-refractivity contribution in [2.24, 2.45) is 0 Å². The summed E-state index contributed by atoms with van der Waals surface area (Å²) >= 11 is 0. The first kappa shape index (κ1) is 16.3. The quantitative estimate of drug-likeness (QED) is 0.706. The average Bonchev–Trinajstić information content (AvgIpc) is 3.11. The molecule has 1 aliphatic heterocycles. The molecule has 0 unspecified atom stereocenters. The average molecular weight is 349 g/mol. The second-order valence-corrected chi connectivity index (χ2v) is 6.19. The third kappa shape index (κ3) is 3.18. The van der Waals surface area contributed by atoms with E-state index in [4.69, 9.17) is 9.26 Å². The Hall–Kier alpha value is -3.15. The number of hydrogen-bond donors (Lipinski definition) is 0. The zero-order valence-corrected chi connectivity index (χ0v) is 14.5. The fourth-order valence-corrected chi connectivity index (χ4v) is 2.97. The Balaban J connectivity index is 1.40. The van der Waals surface area contributed by atoms with Crippen LogP contribution in [0.3, 0.4) is 0 Å². The molecule has 0 aliphatic carbocycles. The first-order valence-corrected chi connectivity index (χ1v) is 8.65. The van der Waals surface area contributed by atoms with Crippen molar-refractivity contribution in [3.05, 3.63) is 66.1 Å². The lowest BCUT2D eigenvalue weighted by Crippen LogP contribution is -2.48. The van der Waals surface area contributed by atoms with E-state index in [-0.39, 0.29) is 11.8 Å². The number of aromatic nitrogens is 2. The van der Waals surface area contributed by atoms with E-state index in [1.165, 1.54) is 0 Å². The van der Waals surface area contributed by atoms with Gasteiger partial charge in [0.05, 0.1) is 12.5 Å². The van der Waals surface area contributed by atoms with Crippen LogP contribution >= 0.6 is 0 Å². The van der Waals surface area contributed by atoms with Crippen molar-refractivity contribution in [3.8, 4) is 17.1 Å². The number of benzene rings is 2. The topological polar surface area (TPSA) is 68.5 Å². The maximum atomic E-state index is 12.6. The Morgan fingerprint density at radius 2 is 2.00 bits per heavy atom.